The van der Waals surface area contributed by atoms with Crippen molar-refractivity contribution in [1.82, 2.24) is 19.8 Å². The predicted molar refractivity (Wildman–Crippen MR) is 149 cm³/mol. The minimum absolute atomic E-state index is 0.1000. The van der Waals surface area contributed by atoms with Crippen molar-refractivity contribution in [2.75, 3.05) is 26.2 Å². The van der Waals surface area contributed by atoms with E-state index in [0.29, 0.717) is 27.4 Å². The Hall–Kier alpha value is -2.85. The van der Waals surface area contributed by atoms with Gasteiger partial charge in [0.15, 0.2) is 6.61 Å². The van der Waals surface area contributed by atoms with E-state index in [1.807, 2.05) is 6.07 Å². The number of alkyl halides is 2. The first kappa shape index (κ1) is 27.7. The fourth-order valence-electron chi connectivity index (χ4n) is 5.66. The number of pyridine rings is 1. The number of amides is 1. The highest BCUT2D eigenvalue weighted by molar-refractivity contribution is 7.13. The van der Waals surface area contributed by atoms with Crippen LogP contribution in [0.1, 0.15) is 60.0 Å². The first-order valence-electron chi connectivity index (χ1n) is 13.8. The van der Waals surface area contributed by atoms with Gasteiger partial charge in [-0.2, -0.15) is 0 Å². The van der Waals surface area contributed by atoms with Crippen LogP contribution < -0.4 is 15.6 Å². The van der Waals surface area contributed by atoms with E-state index in [9.17, 15) is 18.4 Å². The van der Waals surface area contributed by atoms with Crippen molar-refractivity contribution in [1.29, 1.82) is 0 Å². The van der Waals surface area contributed by atoms with Gasteiger partial charge in [0.2, 0.25) is 0 Å². The zero-order valence-corrected chi connectivity index (χ0v) is 23.4. The second kappa shape index (κ2) is 11.7. The highest BCUT2D eigenvalue weighted by Gasteiger charge is 2.26. The molecule has 0 atom stereocenters. The molecular weight excluding hydrogens is 522 g/mol. The SMILES string of the molecule is Cn1ccc2c(C(=O)NC3CCC(CCN4CCc5nc(OCC(C)(F)F)sc5CC4)CC3)cccc2c1=O. The summed E-state index contributed by atoms with van der Waals surface area (Å²) in [5.74, 6) is -2.33. The molecule has 5 rings (SSSR count). The number of rotatable bonds is 8. The normalized spacial score (nSPS) is 20.4. The third-order valence-corrected chi connectivity index (χ3v) is 9.00. The molecular formula is C29H36F2N4O3S. The lowest BCUT2D eigenvalue weighted by Crippen LogP contribution is -2.38. The maximum absolute atomic E-state index is 13.1. The lowest BCUT2D eigenvalue weighted by Gasteiger charge is -2.31. The molecule has 0 spiro atoms. The minimum atomic E-state index is -2.86. The van der Waals surface area contributed by atoms with Crippen LogP contribution in [-0.2, 0) is 19.9 Å². The fraction of sp³-hybridized carbons (Fsp3) is 0.552. The number of thiazole rings is 1. The maximum atomic E-state index is 13.1. The average molecular weight is 559 g/mol. The Morgan fingerprint density at radius 1 is 1.15 bits per heavy atom. The molecule has 2 aliphatic rings. The van der Waals surface area contributed by atoms with Gasteiger partial charge in [-0.05, 0) is 69.2 Å². The molecule has 0 radical (unpaired) electrons. The Labute approximate surface area is 231 Å². The highest BCUT2D eigenvalue weighted by Crippen LogP contribution is 2.31. The molecule has 0 unspecified atom stereocenters. The number of nitrogens with one attached hydrogen (secondary N) is 1. The third-order valence-electron chi connectivity index (χ3n) is 7.93. The summed E-state index contributed by atoms with van der Waals surface area (Å²) in [6.45, 7) is 3.11. The van der Waals surface area contributed by atoms with Crippen molar-refractivity contribution in [2.24, 2.45) is 13.0 Å². The predicted octanol–water partition coefficient (Wildman–Crippen LogP) is 4.81. The number of nitrogens with zero attached hydrogens (tertiary/aromatic N) is 3. The zero-order chi connectivity index (χ0) is 27.6. The first-order chi connectivity index (χ1) is 18.7. The van der Waals surface area contributed by atoms with Crippen LogP contribution in [0.25, 0.3) is 10.8 Å². The van der Waals surface area contributed by atoms with Crippen LogP contribution in [-0.4, -0.2) is 58.6 Å². The summed E-state index contributed by atoms with van der Waals surface area (Å²) in [7, 11) is 1.71. The lowest BCUT2D eigenvalue weighted by atomic mass is 9.84. The smallest absolute Gasteiger partial charge is 0.278 e. The van der Waals surface area contributed by atoms with Gasteiger partial charge in [0, 0.05) is 66.9 Å². The van der Waals surface area contributed by atoms with Gasteiger partial charge in [0.05, 0.1) is 5.69 Å². The summed E-state index contributed by atoms with van der Waals surface area (Å²) in [5.41, 5.74) is 1.44. The molecule has 1 fully saturated rings. The van der Waals surface area contributed by atoms with Crippen molar-refractivity contribution in [3.05, 3.63) is 57.0 Å². The van der Waals surface area contributed by atoms with Gasteiger partial charge >= 0.3 is 0 Å². The van der Waals surface area contributed by atoms with Crippen LogP contribution in [0.5, 0.6) is 5.19 Å². The minimum Gasteiger partial charge on any atom is -0.464 e. The molecule has 210 valence electrons. The molecule has 39 heavy (non-hydrogen) atoms. The van der Waals surface area contributed by atoms with E-state index in [1.54, 1.807) is 31.4 Å². The number of hydrogen-bond acceptors (Lipinski definition) is 6. The number of fused-ring (bicyclic) bond motifs is 2. The second-order valence-corrected chi connectivity index (χ2v) is 12.1. The molecule has 3 heterocycles. The molecule has 0 bridgehead atoms. The van der Waals surface area contributed by atoms with Crippen LogP contribution in [0.2, 0.25) is 0 Å². The number of carbonyl (C=O) groups is 1. The Morgan fingerprint density at radius 2 is 1.92 bits per heavy atom. The van der Waals surface area contributed by atoms with Gasteiger partial charge in [-0.15, -0.1) is 0 Å². The van der Waals surface area contributed by atoms with Gasteiger partial charge in [0.1, 0.15) is 0 Å². The van der Waals surface area contributed by atoms with Gasteiger partial charge < -0.3 is 19.5 Å². The van der Waals surface area contributed by atoms with E-state index >= 15 is 0 Å². The number of carbonyl (C=O) groups excluding carboxylic acids is 1. The second-order valence-electron chi connectivity index (χ2n) is 11.0. The Balaban J connectivity index is 1.06. The molecule has 1 N–H and O–H groups in total. The number of benzene rings is 1. The molecule has 10 heteroatoms. The summed E-state index contributed by atoms with van der Waals surface area (Å²) in [6.07, 6.45) is 8.63. The van der Waals surface area contributed by atoms with E-state index in [-0.39, 0.29) is 17.5 Å². The molecule has 2 aromatic heterocycles. The summed E-state index contributed by atoms with van der Waals surface area (Å²) in [5, 5.41) is 4.81. The number of aromatic nitrogens is 2. The van der Waals surface area contributed by atoms with Crippen LogP contribution in [0.4, 0.5) is 8.78 Å². The van der Waals surface area contributed by atoms with Crippen molar-refractivity contribution >= 4 is 28.0 Å². The molecule has 0 saturated heterocycles. The van der Waals surface area contributed by atoms with E-state index in [2.05, 4.69) is 15.2 Å². The van der Waals surface area contributed by atoms with E-state index in [0.717, 1.165) is 82.1 Å². The Bertz CT molecular complexity index is 1350. The third kappa shape index (κ3) is 6.84. The number of aryl methyl sites for hydroxylation is 1. The monoisotopic (exact) mass is 558 g/mol. The zero-order valence-electron chi connectivity index (χ0n) is 22.6. The van der Waals surface area contributed by atoms with E-state index in [4.69, 9.17) is 4.74 Å². The van der Waals surface area contributed by atoms with Gasteiger partial charge in [-0.1, -0.05) is 17.4 Å². The molecule has 1 aliphatic carbocycles. The van der Waals surface area contributed by atoms with E-state index in [1.165, 1.54) is 15.9 Å². The topological polar surface area (TPSA) is 76.5 Å². The summed E-state index contributed by atoms with van der Waals surface area (Å²) in [4.78, 5) is 33.6. The van der Waals surface area contributed by atoms with Crippen LogP contribution >= 0.6 is 11.3 Å². The molecule has 7 nitrogen and oxygen atoms in total. The molecule has 1 aromatic carbocycles. The fourth-order valence-corrected chi connectivity index (χ4v) is 6.60. The van der Waals surface area contributed by atoms with Gasteiger partial charge in [0.25, 0.3) is 22.6 Å². The summed E-state index contributed by atoms with van der Waals surface area (Å²) < 4.78 is 32.9. The van der Waals surface area contributed by atoms with Crippen LogP contribution in [0.15, 0.2) is 35.3 Å². The number of halogens is 2. The Kier molecular flexibility index (Phi) is 8.32. The van der Waals surface area contributed by atoms with Crippen LogP contribution in [0, 0.1) is 5.92 Å². The number of ether oxygens (including phenoxy) is 1. The standard InChI is InChI=1S/C29H36F2N4O3S/c1-29(30,31)18-38-28-33-24-12-16-35(17-13-25(24)39-28)15-10-19-6-8-20(9-7-19)32-26(36)22-4-3-5-23-21(22)11-14-34(2)27(23)37/h3-5,11,14,19-20H,6-10,12-13,15-18H2,1-2H3,(H,32,36). The Morgan fingerprint density at radius 3 is 2.69 bits per heavy atom. The van der Waals surface area contributed by atoms with Crippen molar-refractivity contribution < 1.29 is 18.3 Å². The lowest BCUT2D eigenvalue weighted by molar-refractivity contribution is -0.0230. The largest absolute Gasteiger partial charge is 0.464 e. The molecule has 3 aromatic rings. The quantitative estimate of drug-likeness (QED) is 0.430. The van der Waals surface area contributed by atoms with Crippen LogP contribution in [0.3, 0.4) is 0 Å². The molecule has 1 amide bonds. The molecule has 1 aliphatic heterocycles. The maximum Gasteiger partial charge on any atom is 0.278 e. The van der Waals surface area contributed by atoms with Crippen molar-refractivity contribution in [3.63, 3.8) is 0 Å². The van der Waals surface area contributed by atoms with Gasteiger partial charge in [-0.3, -0.25) is 9.59 Å². The summed E-state index contributed by atoms with van der Waals surface area (Å²) in [6, 6.07) is 7.31. The first-order valence-corrected chi connectivity index (χ1v) is 14.6. The van der Waals surface area contributed by atoms with E-state index < -0.39 is 12.5 Å². The van der Waals surface area contributed by atoms with Gasteiger partial charge in [-0.25, -0.2) is 13.8 Å². The van der Waals surface area contributed by atoms with Crippen molar-refractivity contribution in [3.8, 4) is 5.19 Å². The van der Waals surface area contributed by atoms with Crippen molar-refractivity contribution in [2.45, 2.75) is 63.8 Å². The number of hydrogen-bond donors (Lipinski definition) is 1. The molecule has 1 saturated carbocycles. The highest BCUT2D eigenvalue weighted by atomic mass is 32.1. The summed E-state index contributed by atoms with van der Waals surface area (Å²) >= 11 is 1.40. The average Bonchev–Trinajstić information content (AvgIpc) is 3.21.